The maximum Gasteiger partial charge on any atom is 0.306 e. The fraction of sp³-hybridized carbons (Fsp3) is 0.828. The first-order valence-corrected chi connectivity index (χ1v) is 27.7. The van der Waals surface area contributed by atoms with Gasteiger partial charge in [-0.2, -0.15) is 0 Å². The molecule has 0 amide bonds. The van der Waals surface area contributed by atoms with Crippen LogP contribution in [0.25, 0.3) is 0 Å². The maximum atomic E-state index is 12.3. The fourth-order valence-corrected chi connectivity index (χ4v) is 8.26. The molecule has 1 unspecified atom stereocenters. The predicted molar refractivity (Wildman–Crippen MR) is 274 cm³/mol. The summed E-state index contributed by atoms with van der Waals surface area (Å²) in [5.41, 5.74) is 0. The molecule has 0 heterocycles. The van der Waals surface area contributed by atoms with E-state index in [0.717, 1.165) is 64.2 Å². The zero-order valence-electron chi connectivity index (χ0n) is 42.1. The minimum absolute atomic E-state index is 0.0645. The monoisotopic (exact) mass is 883 g/mol. The minimum Gasteiger partial charge on any atom is -0.462 e. The van der Waals surface area contributed by atoms with Gasteiger partial charge in [0, 0.05) is 12.8 Å². The van der Waals surface area contributed by atoms with Gasteiger partial charge in [0.1, 0.15) is 6.61 Å². The number of esters is 2. The lowest BCUT2D eigenvalue weighted by atomic mass is 10.0. The topological polar surface area (TPSA) is 72.8 Å². The number of carbonyl (C=O) groups excluding carboxylic acids is 2. The van der Waals surface area contributed by atoms with E-state index in [1.165, 1.54) is 199 Å². The maximum absolute atomic E-state index is 12.3. The van der Waals surface area contributed by atoms with Crippen LogP contribution in [0.15, 0.2) is 48.6 Å². The van der Waals surface area contributed by atoms with Crippen LogP contribution < -0.4 is 0 Å². The second-order valence-electron chi connectivity index (χ2n) is 18.6. The number of hydrogen-bond donors (Lipinski definition) is 1. The summed E-state index contributed by atoms with van der Waals surface area (Å²) < 4.78 is 10.7. The first-order chi connectivity index (χ1) is 31.1. The second kappa shape index (κ2) is 54.2. The Balaban J connectivity index is 3.45. The van der Waals surface area contributed by atoms with E-state index in [1.54, 1.807) is 0 Å². The molecule has 0 aromatic heterocycles. The van der Waals surface area contributed by atoms with Crippen LogP contribution in [0.1, 0.15) is 290 Å². The van der Waals surface area contributed by atoms with E-state index in [0.29, 0.717) is 12.8 Å². The molecule has 0 aliphatic rings. The van der Waals surface area contributed by atoms with E-state index in [9.17, 15) is 14.7 Å². The third-order valence-electron chi connectivity index (χ3n) is 12.4. The van der Waals surface area contributed by atoms with Gasteiger partial charge < -0.3 is 14.6 Å². The van der Waals surface area contributed by atoms with Crippen LogP contribution >= 0.6 is 0 Å². The highest BCUT2D eigenvalue weighted by atomic mass is 16.6. The Kier molecular flexibility index (Phi) is 52.4. The van der Waals surface area contributed by atoms with Gasteiger partial charge in [0.25, 0.3) is 0 Å². The molecule has 5 nitrogen and oxygen atoms in total. The molecular weight excluding hydrogens is 777 g/mol. The number of ether oxygens (including phenoxy) is 2. The normalized spacial score (nSPS) is 12.5. The third-order valence-corrected chi connectivity index (χ3v) is 12.4. The van der Waals surface area contributed by atoms with Crippen LogP contribution in [-0.4, -0.2) is 36.4 Å². The molecule has 0 aromatic rings. The van der Waals surface area contributed by atoms with Gasteiger partial charge in [-0.25, -0.2) is 0 Å². The molecule has 0 aliphatic heterocycles. The molecule has 1 atom stereocenters. The van der Waals surface area contributed by atoms with Crippen LogP contribution in [-0.2, 0) is 19.1 Å². The first-order valence-electron chi connectivity index (χ1n) is 27.7. The lowest BCUT2D eigenvalue weighted by Gasteiger charge is -2.15. The van der Waals surface area contributed by atoms with Gasteiger partial charge in [0.05, 0.1) is 6.61 Å². The van der Waals surface area contributed by atoms with Crippen LogP contribution in [0, 0.1) is 0 Å². The quantitative estimate of drug-likeness (QED) is 0.0374. The van der Waals surface area contributed by atoms with Crippen molar-refractivity contribution in [2.24, 2.45) is 0 Å². The summed E-state index contributed by atoms with van der Waals surface area (Å²) in [6.07, 6.45) is 70.8. The Morgan fingerprint density at radius 3 is 1.03 bits per heavy atom. The van der Waals surface area contributed by atoms with Gasteiger partial charge in [-0.3, -0.25) is 9.59 Å². The minimum atomic E-state index is -0.774. The van der Waals surface area contributed by atoms with E-state index in [-0.39, 0.29) is 25.2 Å². The summed E-state index contributed by atoms with van der Waals surface area (Å²) >= 11 is 0. The molecular formula is C58H106O5. The van der Waals surface area contributed by atoms with E-state index >= 15 is 0 Å². The van der Waals surface area contributed by atoms with Gasteiger partial charge >= 0.3 is 11.9 Å². The Hall–Kier alpha value is -2.14. The largest absolute Gasteiger partial charge is 0.462 e. The number of rotatable bonds is 51. The van der Waals surface area contributed by atoms with E-state index in [1.807, 2.05) is 0 Å². The van der Waals surface area contributed by atoms with Crippen molar-refractivity contribution >= 4 is 11.9 Å². The lowest BCUT2D eigenvalue weighted by molar-refractivity contribution is -0.161. The van der Waals surface area contributed by atoms with Crippen molar-refractivity contribution in [1.82, 2.24) is 0 Å². The van der Waals surface area contributed by atoms with Gasteiger partial charge in [-0.1, -0.05) is 274 Å². The average molecular weight is 883 g/mol. The smallest absolute Gasteiger partial charge is 0.306 e. The Bertz CT molecular complexity index is 1040. The summed E-state index contributed by atoms with van der Waals surface area (Å²) in [7, 11) is 0. The van der Waals surface area contributed by atoms with Crippen molar-refractivity contribution in [3.63, 3.8) is 0 Å². The number of unbranched alkanes of at least 4 members (excludes halogenated alkanes) is 35. The van der Waals surface area contributed by atoms with Crippen molar-refractivity contribution in [1.29, 1.82) is 0 Å². The van der Waals surface area contributed by atoms with Crippen molar-refractivity contribution in [2.75, 3.05) is 13.2 Å². The summed E-state index contributed by atoms with van der Waals surface area (Å²) in [5, 5.41) is 9.65. The number of aliphatic hydroxyl groups excluding tert-OH is 1. The summed E-state index contributed by atoms with van der Waals surface area (Å²) in [6.45, 7) is 4.07. The SMILES string of the molecule is CC/C=C\C/C=C\C/C=C\C/C=C\CCCCCCCCCCCCC(=O)OC(CO)COC(=O)CCCCCCCCCCCCCCCCCCCCCCCCCCCC. The van der Waals surface area contributed by atoms with Crippen LogP contribution in [0.3, 0.4) is 0 Å². The van der Waals surface area contributed by atoms with Gasteiger partial charge in [-0.05, 0) is 51.4 Å². The zero-order valence-corrected chi connectivity index (χ0v) is 42.1. The standard InChI is InChI=1S/C58H106O5/c1-3-5-7-9-11-13-15-17-19-21-23-25-27-28-29-31-32-34-36-38-40-42-44-46-48-50-52-57(60)62-55-56(54-59)63-58(61)53-51-49-47-45-43-41-39-37-35-33-30-26-24-22-20-18-16-14-12-10-8-6-4-2/h6,8,12,14,18,20,24,26,56,59H,3-5,7,9-11,13,15-17,19,21-23,25,27-55H2,1-2H3/b8-6-,14-12-,20-18-,26-24-. The van der Waals surface area contributed by atoms with Crippen LogP contribution in [0.4, 0.5) is 0 Å². The molecule has 63 heavy (non-hydrogen) atoms. The highest BCUT2D eigenvalue weighted by Crippen LogP contribution is 2.17. The molecule has 0 rings (SSSR count). The Morgan fingerprint density at radius 1 is 0.381 bits per heavy atom. The van der Waals surface area contributed by atoms with Gasteiger partial charge in [-0.15, -0.1) is 0 Å². The third kappa shape index (κ3) is 52.4. The molecule has 0 bridgehead atoms. The number of aliphatic hydroxyl groups is 1. The van der Waals surface area contributed by atoms with E-state index in [4.69, 9.17) is 9.47 Å². The molecule has 0 fully saturated rings. The molecule has 0 saturated heterocycles. The van der Waals surface area contributed by atoms with Gasteiger partial charge in [0.2, 0.25) is 0 Å². The molecule has 0 aliphatic carbocycles. The molecule has 5 heteroatoms. The van der Waals surface area contributed by atoms with Crippen LogP contribution in [0.5, 0.6) is 0 Å². The number of hydrogen-bond acceptors (Lipinski definition) is 5. The van der Waals surface area contributed by atoms with E-state index < -0.39 is 6.10 Å². The van der Waals surface area contributed by atoms with Crippen molar-refractivity contribution < 1.29 is 24.2 Å². The molecule has 0 radical (unpaired) electrons. The number of allylic oxidation sites excluding steroid dienone is 8. The summed E-state index contributed by atoms with van der Waals surface area (Å²) in [5.74, 6) is -0.582. The van der Waals surface area contributed by atoms with E-state index in [2.05, 4.69) is 62.5 Å². The zero-order chi connectivity index (χ0) is 45.6. The predicted octanol–water partition coefficient (Wildman–Crippen LogP) is 18.5. The average Bonchev–Trinajstić information content (AvgIpc) is 3.29. The van der Waals surface area contributed by atoms with Crippen molar-refractivity contribution in [2.45, 2.75) is 296 Å². The summed E-state index contributed by atoms with van der Waals surface area (Å²) in [6, 6.07) is 0. The molecule has 368 valence electrons. The highest BCUT2D eigenvalue weighted by Gasteiger charge is 2.16. The Morgan fingerprint density at radius 2 is 0.683 bits per heavy atom. The molecule has 0 spiro atoms. The summed E-state index contributed by atoms with van der Waals surface area (Å²) in [4.78, 5) is 24.5. The molecule has 0 aromatic carbocycles. The Labute approximate surface area is 392 Å². The fourth-order valence-electron chi connectivity index (χ4n) is 8.26. The second-order valence-corrected chi connectivity index (χ2v) is 18.6. The highest BCUT2D eigenvalue weighted by molar-refractivity contribution is 5.70. The number of carbonyl (C=O) groups is 2. The molecule has 0 saturated carbocycles. The van der Waals surface area contributed by atoms with Gasteiger partial charge in [0.15, 0.2) is 6.10 Å². The first kappa shape index (κ1) is 60.9. The van der Waals surface area contributed by atoms with Crippen LogP contribution in [0.2, 0.25) is 0 Å². The molecule has 1 N–H and O–H groups in total. The van der Waals surface area contributed by atoms with Crippen molar-refractivity contribution in [3.05, 3.63) is 48.6 Å². The lowest BCUT2D eigenvalue weighted by Crippen LogP contribution is -2.28. The van der Waals surface area contributed by atoms with Crippen molar-refractivity contribution in [3.8, 4) is 0 Å².